The molecule has 126 valence electrons. The molecule has 0 unspecified atom stereocenters. The minimum atomic E-state index is -0.951. The summed E-state index contributed by atoms with van der Waals surface area (Å²) in [6, 6.07) is 6.03. The van der Waals surface area contributed by atoms with Gasteiger partial charge < -0.3 is 15.2 Å². The molecule has 1 atom stereocenters. The van der Waals surface area contributed by atoms with Gasteiger partial charge in [0.15, 0.2) is 0 Å². The van der Waals surface area contributed by atoms with Crippen molar-refractivity contribution in [2.45, 2.75) is 45.4 Å². The van der Waals surface area contributed by atoms with Crippen molar-refractivity contribution in [2.24, 2.45) is 5.41 Å². The molecule has 0 aromatic heterocycles. The van der Waals surface area contributed by atoms with E-state index in [-0.39, 0.29) is 18.4 Å². The number of benzene rings is 1. The largest absolute Gasteiger partial charge is 0.497 e. The quantitative estimate of drug-likeness (QED) is 0.845. The Labute approximate surface area is 137 Å². The first kappa shape index (κ1) is 17.3. The normalized spacial score (nSPS) is 17.3. The molecule has 0 aliphatic heterocycles. The number of rotatable bonds is 6. The third-order valence-electron chi connectivity index (χ3n) is 4.53. The lowest BCUT2D eigenvalue weighted by Crippen LogP contribution is -2.39. The molecule has 1 aliphatic rings. The van der Waals surface area contributed by atoms with Gasteiger partial charge in [-0.3, -0.25) is 9.59 Å². The van der Waals surface area contributed by atoms with Gasteiger partial charge in [0, 0.05) is 13.0 Å². The van der Waals surface area contributed by atoms with E-state index in [0.717, 1.165) is 25.0 Å². The number of hydrogen-bond donors (Lipinski definition) is 2. The van der Waals surface area contributed by atoms with Crippen molar-refractivity contribution in [3.05, 3.63) is 29.3 Å². The molecule has 5 nitrogen and oxygen atoms in total. The molecule has 0 saturated carbocycles. The molecule has 23 heavy (non-hydrogen) atoms. The summed E-state index contributed by atoms with van der Waals surface area (Å²) < 4.78 is 5.26. The Bertz CT molecular complexity index is 595. The number of amides is 1. The average Bonchev–Trinajstić information content (AvgIpc) is 2.52. The zero-order chi connectivity index (χ0) is 17.0. The second kappa shape index (κ2) is 7.02. The number of carbonyl (C=O) groups excluding carboxylic acids is 1. The fourth-order valence-corrected chi connectivity index (χ4v) is 2.92. The molecule has 0 heterocycles. The lowest BCUT2D eigenvalue weighted by Gasteiger charge is -2.26. The Hall–Kier alpha value is -2.04. The van der Waals surface area contributed by atoms with E-state index in [0.29, 0.717) is 6.42 Å². The molecule has 1 amide bonds. The fraction of sp³-hybridized carbons (Fsp3) is 0.556. The Morgan fingerprint density at radius 1 is 1.39 bits per heavy atom. The highest BCUT2D eigenvalue weighted by Gasteiger charge is 2.28. The van der Waals surface area contributed by atoms with Crippen LogP contribution in [-0.2, 0) is 16.0 Å². The molecular weight excluding hydrogens is 294 g/mol. The van der Waals surface area contributed by atoms with Crippen LogP contribution in [0.5, 0.6) is 5.75 Å². The van der Waals surface area contributed by atoms with Gasteiger partial charge in [-0.05, 0) is 62.3 Å². The molecule has 0 radical (unpaired) electrons. The summed E-state index contributed by atoms with van der Waals surface area (Å²) >= 11 is 0. The Morgan fingerprint density at radius 3 is 2.78 bits per heavy atom. The van der Waals surface area contributed by atoms with Gasteiger partial charge in [0.25, 0.3) is 0 Å². The Morgan fingerprint density at radius 2 is 2.13 bits per heavy atom. The Balaban J connectivity index is 1.99. The number of hydrogen-bond acceptors (Lipinski definition) is 3. The maximum absolute atomic E-state index is 12.2. The van der Waals surface area contributed by atoms with Crippen molar-refractivity contribution in [2.75, 3.05) is 13.7 Å². The maximum atomic E-state index is 12.2. The molecule has 1 aromatic rings. The molecule has 1 aromatic carbocycles. The predicted molar refractivity (Wildman–Crippen MR) is 87.7 cm³/mol. The lowest BCUT2D eigenvalue weighted by atomic mass is 9.81. The summed E-state index contributed by atoms with van der Waals surface area (Å²) in [7, 11) is 1.65. The van der Waals surface area contributed by atoms with Gasteiger partial charge in [-0.1, -0.05) is 6.07 Å². The number of carboxylic acid groups (broad SMARTS) is 1. The highest BCUT2D eigenvalue weighted by atomic mass is 16.5. The van der Waals surface area contributed by atoms with Gasteiger partial charge in [-0.25, -0.2) is 0 Å². The number of ether oxygens (including phenoxy) is 1. The van der Waals surface area contributed by atoms with E-state index < -0.39 is 11.4 Å². The van der Waals surface area contributed by atoms with E-state index in [1.807, 2.05) is 18.2 Å². The van der Waals surface area contributed by atoms with E-state index in [1.54, 1.807) is 21.0 Å². The fourth-order valence-electron chi connectivity index (χ4n) is 2.92. The highest BCUT2D eigenvalue weighted by Crippen LogP contribution is 2.35. The molecule has 0 spiro atoms. The van der Waals surface area contributed by atoms with Gasteiger partial charge in [-0.15, -0.1) is 0 Å². The number of aliphatic carboxylic acids is 1. The zero-order valence-electron chi connectivity index (χ0n) is 14.0. The van der Waals surface area contributed by atoms with Crippen LogP contribution < -0.4 is 10.1 Å². The predicted octanol–water partition coefficient (Wildman–Crippen LogP) is 2.73. The van der Waals surface area contributed by atoms with Gasteiger partial charge in [0.05, 0.1) is 12.5 Å². The van der Waals surface area contributed by atoms with Crippen molar-refractivity contribution in [1.29, 1.82) is 0 Å². The van der Waals surface area contributed by atoms with Crippen LogP contribution in [0, 0.1) is 5.41 Å². The molecule has 2 N–H and O–H groups in total. The number of carbonyl (C=O) groups is 2. The van der Waals surface area contributed by atoms with E-state index in [4.69, 9.17) is 9.84 Å². The summed E-state index contributed by atoms with van der Waals surface area (Å²) in [5, 5.41) is 11.9. The smallest absolute Gasteiger partial charge is 0.310 e. The first-order chi connectivity index (χ1) is 10.8. The van der Waals surface area contributed by atoms with Crippen LogP contribution in [0.15, 0.2) is 18.2 Å². The number of aryl methyl sites for hydroxylation is 1. The average molecular weight is 319 g/mol. The van der Waals surface area contributed by atoms with Crippen LogP contribution in [0.4, 0.5) is 0 Å². The summed E-state index contributed by atoms with van der Waals surface area (Å²) in [6.07, 6.45) is 3.44. The number of methoxy groups -OCH3 is 1. The molecule has 1 aliphatic carbocycles. The maximum Gasteiger partial charge on any atom is 0.310 e. The lowest BCUT2D eigenvalue weighted by molar-refractivity contribution is -0.146. The molecular formula is C18H25NO4. The number of carboxylic acids is 1. The summed E-state index contributed by atoms with van der Waals surface area (Å²) in [4.78, 5) is 23.3. The standard InChI is InChI=1S/C18H25NO4/c1-18(2,17(21)22)11-19-16(20)10-13-6-4-5-12-9-14(23-3)7-8-15(12)13/h7-9,13H,4-6,10-11H2,1-3H3,(H,19,20)(H,21,22)/t13-/m0/s1. The monoisotopic (exact) mass is 319 g/mol. The molecule has 5 heteroatoms. The van der Waals surface area contributed by atoms with Crippen LogP contribution in [0.25, 0.3) is 0 Å². The topological polar surface area (TPSA) is 75.6 Å². The molecule has 0 fully saturated rings. The second-order valence-electron chi connectivity index (χ2n) is 6.82. The second-order valence-corrected chi connectivity index (χ2v) is 6.82. The van der Waals surface area contributed by atoms with Crippen molar-refractivity contribution in [3.8, 4) is 5.75 Å². The van der Waals surface area contributed by atoms with Crippen LogP contribution in [0.1, 0.15) is 50.2 Å². The van der Waals surface area contributed by atoms with Crippen molar-refractivity contribution in [1.82, 2.24) is 5.32 Å². The number of fused-ring (bicyclic) bond motifs is 1. The van der Waals surface area contributed by atoms with E-state index in [1.165, 1.54) is 11.1 Å². The van der Waals surface area contributed by atoms with E-state index >= 15 is 0 Å². The van der Waals surface area contributed by atoms with Gasteiger partial charge >= 0.3 is 5.97 Å². The minimum absolute atomic E-state index is 0.0898. The van der Waals surface area contributed by atoms with Gasteiger partial charge in [0.1, 0.15) is 5.75 Å². The Kier molecular flexibility index (Phi) is 5.29. The van der Waals surface area contributed by atoms with Crippen LogP contribution >= 0.6 is 0 Å². The summed E-state index contributed by atoms with van der Waals surface area (Å²) in [5.74, 6) is 0.0376. The molecule has 2 rings (SSSR count). The van der Waals surface area contributed by atoms with E-state index in [2.05, 4.69) is 5.32 Å². The first-order valence-electron chi connectivity index (χ1n) is 8.00. The SMILES string of the molecule is COc1ccc2c(c1)CCC[C@H]2CC(=O)NCC(C)(C)C(=O)O. The summed E-state index contributed by atoms with van der Waals surface area (Å²) in [6.45, 7) is 3.36. The highest BCUT2D eigenvalue weighted by molar-refractivity contribution is 5.79. The third kappa shape index (κ3) is 4.24. The third-order valence-corrected chi connectivity index (χ3v) is 4.53. The van der Waals surface area contributed by atoms with Crippen molar-refractivity contribution >= 4 is 11.9 Å². The minimum Gasteiger partial charge on any atom is -0.497 e. The number of nitrogens with one attached hydrogen (secondary N) is 1. The van der Waals surface area contributed by atoms with Gasteiger partial charge in [-0.2, -0.15) is 0 Å². The molecule has 0 saturated heterocycles. The van der Waals surface area contributed by atoms with Gasteiger partial charge in [0.2, 0.25) is 5.91 Å². The van der Waals surface area contributed by atoms with Crippen molar-refractivity contribution in [3.63, 3.8) is 0 Å². The van der Waals surface area contributed by atoms with Crippen LogP contribution in [0.2, 0.25) is 0 Å². The summed E-state index contributed by atoms with van der Waals surface area (Å²) in [5.41, 5.74) is 1.51. The first-order valence-corrected chi connectivity index (χ1v) is 8.00. The zero-order valence-corrected chi connectivity index (χ0v) is 14.0. The van der Waals surface area contributed by atoms with E-state index in [9.17, 15) is 9.59 Å². The van der Waals surface area contributed by atoms with Crippen molar-refractivity contribution < 1.29 is 19.4 Å². The van der Waals surface area contributed by atoms with Crippen LogP contribution in [0.3, 0.4) is 0 Å². The van der Waals surface area contributed by atoms with Crippen LogP contribution in [-0.4, -0.2) is 30.6 Å². The molecule has 0 bridgehead atoms.